The second-order valence-electron chi connectivity index (χ2n) is 8.81. The van der Waals surface area contributed by atoms with Gasteiger partial charge in [-0.15, -0.1) is 0 Å². The van der Waals surface area contributed by atoms with E-state index in [1.807, 2.05) is 43.7 Å². The van der Waals surface area contributed by atoms with E-state index < -0.39 is 5.60 Å². The summed E-state index contributed by atoms with van der Waals surface area (Å²) in [6, 6.07) is 14.4. The number of likely N-dealkylation sites (tertiary alicyclic amines) is 1. The molecule has 0 bridgehead atoms. The molecule has 1 aromatic heterocycles. The minimum atomic E-state index is -0.487. The van der Waals surface area contributed by atoms with Crippen LogP contribution in [0.3, 0.4) is 0 Å². The van der Waals surface area contributed by atoms with Crippen molar-refractivity contribution in [3.63, 3.8) is 0 Å². The van der Waals surface area contributed by atoms with Crippen molar-refractivity contribution in [3.05, 3.63) is 48.7 Å². The Hall–Kier alpha value is -3.02. The van der Waals surface area contributed by atoms with Gasteiger partial charge in [-0.1, -0.05) is 30.3 Å². The van der Waals surface area contributed by atoms with Crippen LogP contribution in [0.2, 0.25) is 0 Å². The van der Waals surface area contributed by atoms with Gasteiger partial charge in [-0.3, -0.25) is 4.68 Å². The second-order valence-corrected chi connectivity index (χ2v) is 8.81. The molecule has 6 heteroatoms. The van der Waals surface area contributed by atoms with E-state index in [1.54, 1.807) is 12.0 Å². The molecule has 1 aliphatic heterocycles. The smallest absolute Gasteiger partial charge is 0.410 e. The lowest BCUT2D eigenvalue weighted by Gasteiger charge is -2.34. The molecule has 2 aromatic carbocycles. The van der Waals surface area contributed by atoms with Gasteiger partial charge >= 0.3 is 6.09 Å². The number of hydrogen-bond acceptors (Lipinski definition) is 4. The fourth-order valence-electron chi connectivity index (χ4n) is 3.94. The molecule has 0 spiro atoms. The molecule has 3 aromatic rings. The number of carbonyl (C=O) groups is 1. The Morgan fingerprint density at radius 2 is 1.97 bits per heavy atom. The van der Waals surface area contributed by atoms with Gasteiger partial charge < -0.3 is 14.4 Å². The van der Waals surface area contributed by atoms with Crippen LogP contribution in [0.15, 0.2) is 48.7 Å². The summed E-state index contributed by atoms with van der Waals surface area (Å²) in [4.78, 5) is 14.3. The van der Waals surface area contributed by atoms with Crippen molar-refractivity contribution in [1.82, 2.24) is 14.7 Å². The van der Waals surface area contributed by atoms with Gasteiger partial charge in [-0.25, -0.2) is 4.79 Å². The number of para-hydroxylation sites is 1. The Morgan fingerprint density at radius 1 is 1.17 bits per heavy atom. The normalized spacial score (nSPS) is 17.2. The maximum absolute atomic E-state index is 12.5. The summed E-state index contributed by atoms with van der Waals surface area (Å²) < 4.78 is 13.1. The second kappa shape index (κ2) is 8.01. The molecular weight excluding hydrogens is 378 g/mol. The van der Waals surface area contributed by atoms with E-state index in [4.69, 9.17) is 14.6 Å². The summed E-state index contributed by atoms with van der Waals surface area (Å²) in [7, 11) is 1.69. The quantitative estimate of drug-likeness (QED) is 0.592. The van der Waals surface area contributed by atoms with Crippen LogP contribution < -0.4 is 4.74 Å². The molecular formula is C24H29N3O3. The Kier molecular flexibility index (Phi) is 5.41. The maximum Gasteiger partial charge on any atom is 0.410 e. The molecule has 158 valence electrons. The minimum absolute atomic E-state index is 0.147. The van der Waals surface area contributed by atoms with Crippen molar-refractivity contribution in [2.45, 2.75) is 45.3 Å². The minimum Gasteiger partial charge on any atom is -0.496 e. The number of fused-ring (bicyclic) bond motifs is 1. The predicted octanol–water partition coefficient (Wildman–Crippen LogP) is 5.28. The molecule has 0 aliphatic carbocycles. The van der Waals surface area contributed by atoms with Crippen molar-refractivity contribution in [2.24, 2.45) is 0 Å². The van der Waals surface area contributed by atoms with Crippen LogP contribution in [-0.4, -0.2) is 46.6 Å². The lowest BCUT2D eigenvalue weighted by molar-refractivity contribution is 0.0168. The fourth-order valence-corrected chi connectivity index (χ4v) is 3.94. The van der Waals surface area contributed by atoms with Crippen LogP contribution in [0.1, 0.15) is 39.7 Å². The van der Waals surface area contributed by atoms with Crippen LogP contribution in [-0.2, 0) is 4.74 Å². The van der Waals surface area contributed by atoms with Crippen molar-refractivity contribution in [3.8, 4) is 16.9 Å². The zero-order chi connectivity index (χ0) is 21.3. The number of rotatable bonds is 3. The van der Waals surface area contributed by atoms with Crippen LogP contribution in [0, 0.1) is 0 Å². The van der Waals surface area contributed by atoms with Crippen LogP contribution in [0.4, 0.5) is 4.79 Å². The van der Waals surface area contributed by atoms with Crippen molar-refractivity contribution >= 4 is 17.0 Å². The van der Waals surface area contributed by atoms with Gasteiger partial charge in [-0.2, -0.15) is 5.10 Å². The van der Waals surface area contributed by atoms with Gasteiger partial charge in [0, 0.05) is 30.2 Å². The lowest BCUT2D eigenvalue weighted by Crippen LogP contribution is -2.43. The van der Waals surface area contributed by atoms with Crippen LogP contribution in [0.25, 0.3) is 22.0 Å². The van der Waals surface area contributed by atoms with Gasteiger partial charge in [0.2, 0.25) is 0 Å². The molecule has 4 rings (SSSR count). The van der Waals surface area contributed by atoms with E-state index in [0.29, 0.717) is 6.54 Å². The highest BCUT2D eigenvalue weighted by Crippen LogP contribution is 2.32. The first-order valence-electron chi connectivity index (χ1n) is 10.4. The van der Waals surface area contributed by atoms with E-state index in [9.17, 15) is 4.79 Å². The van der Waals surface area contributed by atoms with E-state index in [-0.39, 0.29) is 12.1 Å². The Labute approximate surface area is 177 Å². The molecule has 1 saturated heterocycles. The SMILES string of the molecule is COc1ccccc1-c1ccc2cn(C3CCCN(C(=O)OC(C)(C)C)C3)nc2c1. The topological polar surface area (TPSA) is 56.6 Å². The van der Waals surface area contributed by atoms with Crippen LogP contribution >= 0.6 is 0 Å². The van der Waals surface area contributed by atoms with Crippen molar-refractivity contribution < 1.29 is 14.3 Å². The molecule has 1 fully saturated rings. The first-order chi connectivity index (χ1) is 14.3. The van der Waals surface area contributed by atoms with Gasteiger partial charge in [0.1, 0.15) is 11.4 Å². The zero-order valence-electron chi connectivity index (χ0n) is 18.1. The first-order valence-corrected chi connectivity index (χ1v) is 10.4. The third-order valence-corrected chi connectivity index (χ3v) is 5.37. The molecule has 30 heavy (non-hydrogen) atoms. The third-order valence-electron chi connectivity index (χ3n) is 5.37. The summed E-state index contributed by atoms with van der Waals surface area (Å²) in [5, 5.41) is 5.93. The van der Waals surface area contributed by atoms with Crippen molar-refractivity contribution in [2.75, 3.05) is 20.2 Å². The summed E-state index contributed by atoms with van der Waals surface area (Å²) in [6.45, 7) is 7.02. The van der Waals surface area contributed by atoms with Gasteiger partial charge in [0.05, 0.1) is 18.7 Å². The first kappa shape index (κ1) is 20.3. The number of piperidine rings is 1. The molecule has 6 nitrogen and oxygen atoms in total. The number of amides is 1. The van der Waals surface area contributed by atoms with E-state index in [2.05, 4.69) is 30.5 Å². The summed E-state index contributed by atoms with van der Waals surface area (Å²) >= 11 is 0. The fraction of sp³-hybridized carbons (Fsp3) is 0.417. The summed E-state index contributed by atoms with van der Waals surface area (Å²) in [5.41, 5.74) is 2.57. The average Bonchev–Trinajstić information content (AvgIpc) is 3.16. The Morgan fingerprint density at radius 3 is 2.73 bits per heavy atom. The monoisotopic (exact) mass is 407 g/mol. The summed E-state index contributed by atoms with van der Waals surface area (Å²) in [5.74, 6) is 0.844. The average molecular weight is 408 g/mol. The largest absolute Gasteiger partial charge is 0.496 e. The van der Waals surface area contributed by atoms with Gasteiger partial charge in [0.25, 0.3) is 0 Å². The predicted molar refractivity (Wildman–Crippen MR) is 118 cm³/mol. The van der Waals surface area contributed by atoms with E-state index in [1.165, 1.54) is 0 Å². The number of carbonyl (C=O) groups excluding carboxylic acids is 1. The highest BCUT2D eigenvalue weighted by Gasteiger charge is 2.29. The Bertz CT molecular complexity index is 1050. The number of hydrogen-bond donors (Lipinski definition) is 0. The highest BCUT2D eigenvalue weighted by atomic mass is 16.6. The van der Waals surface area contributed by atoms with Crippen molar-refractivity contribution in [1.29, 1.82) is 0 Å². The summed E-state index contributed by atoms with van der Waals surface area (Å²) in [6.07, 6.45) is 3.76. The molecule has 0 saturated carbocycles. The van der Waals surface area contributed by atoms with Crippen LogP contribution in [0.5, 0.6) is 5.75 Å². The molecule has 1 aliphatic rings. The zero-order valence-corrected chi connectivity index (χ0v) is 18.1. The molecule has 0 N–H and O–H groups in total. The number of benzene rings is 2. The van der Waals surface area contributed by atoms with Gasteiger partial charge in [-0.05, 0) is 51.3 Å². The van der Waals surface area contributed by atoms with E-state index in [0.717, 1.165) is 47.2 Å². The maximum atomic E-state index is 12.5. The number of ether oxygens (including phenoxy) is 2. The van der Waals surface area contributed by atoms with E-state index >= 15 is 0 Å². The molecule has 1 amide bonds. The number of nitrogens with zero attached hydrogens (tertiary/aromatic N) is 3. The highest BCUT2D eigenvalue weighted by molar-refractivity contribution is 5.85. The van der Waals surface area contributed by atoms with Gasteiger partial charge in [0.15, 0.2) is 0 Å². The number of methoxy groups -OCH3 is 1. The standard InChI is InChI=1S/C24H29N3O3/c1-24(2,3)30-23(28)26-13-7-8-19(16-26)27-15-18-12-11-17(14-21(18)25-27)20-9-5-6-10-22(20)29-4/h5-6,9-12,14-15,19H,7-8,13,16H2,1-4H3. The number of aromatic nitrogens is 2. The lowest BCUT2D eigenvalue weighted by atomic mass is 10.0. The third kappa shape index (κ3) is 4.27. The molecule has 0 radical (unpaired) electrons. The molecule has 2 heterocycles. The Balaban J connectivity index is 1.57. The molecule has 1 unspecified atom stereocenters. The molecule has 1 atom stereocenters.